The van der Waals surface area contributed by atoms with Gasteiger partial charge in [-0.2, -0.15) is 0 Å². The minimum absolute atomic E-state index is 0.00725. The summed E-state index contributed by atoms with van der Waals surface area (Å²) < 4.78 is 52.5. The van der Waals surface area contributed by atoms with E-state index in [1.54, 1.807) is 21.3 Å². The molecule has 0 aromatic heterocycles. The maximum absolute atomic E-state index is 9.54. The SMILES string of the molecule is CCCCCCCCCCCC[C@H](OCOC)[C@@H]1CC[C@@H]([C@@H](CCCCC(CCCCC[C@H](CO)OCOC)OCOC)OCOCc2ccccc2)O1. The molecule has 54 heavy (non-hydrogen) atoms. The molecule has 1 aliphatic rings. The van der Waals surface area contributed by atoms with Crippen LogP contribution in [0.15, 0.2) is 30.3 Å². The fourth-order valence-corrected chi connectivity index (χ4v) is 7.35. The highest BCUT2D eigenvalue weighted by Gasteiger charge is 2.36. The summed E-state index contributed by atoms with van der Waals surface area (Å²) in [5.74, 6) is 0. The highest BCUT2D eigenvalue weighted by molar-refractivity contribution is 5.13. The molecule has 1 heterocycles. The Balaban J connectivity index is 1.85. The molecule has 0 radical (unpaired) electrons. The molecule has 1 N–H and O–H groups in total. The number of rotatable bonds is 39. The van der Waals surface area contributed by atoms with E-state index in [1.165, 1.54) is 57.8 Å². The highest BCUT2D eigenvalue weighted by atomic mass is 16.7. The van der Waals surface area contributed by atoms with Crippen molar-refractivity contribution in [1.29, 1.82) is 0 Å². The number of methoxy groups -OCH3 is 3. The molecule has 0 amide bonds. The minimum atomic E-state index is -0.170. The van der Waals surface area contributed by atoms with Gasteiger partial charge in [0.05, 0.1) is 49.8 Å². The molecule has 1 unspecified atom stereocenters. The second kappa shape index (κ2) is 35.0. The Morgan fingerprint density at radius 2 is 1.00 bits per heavy atom. The third-order valence-corrected chi connectivity index (χ3v) is 10.5. The normalized spacial score (nSPS) is 18.2. The zero-order valence-electron chi connectivity index (χ0n) is 34.8. The van der Waals surface area contributed by atoms with Gasteiger partial charge in [0.2, 0.25) is 0 Å². The average molecular weight is 769 g/mol. The number of unbranched alkanes of at least 4 members (excludes halogenated alkanes) is 12. The molecule has 1 fully saturated rings. The van der Waals surface area contributed by atoms with Gasteiger partial charge >= 0.3 is 0 Å². The van der Waals surface area contributed by atoms with E-state index in [0.29, 0.717) is 20.2 Å². The summed E-state index contributed by atoms with van der Waals surface area (Å²) in [5, 5.41) is 9.54. The number of benzene rings is 1. The van der Waals surface area contributed by atoms with E-state index in [0.717, 1.165) is 89.0 Å². The predicted molar refractivity (Wildman–Crippen MR) is 214 cm³/mol. The Kier molecular flexibility index (Phi) is 31.8. The van der Waals surface area contributed by atoms with E-state index in [2.05, 4.69) is 19.1 Å². The second-order valence-corrected chi connectivity index (χ2v) is 15.0. The van der Waals surface area contributed by atoms with Gasteiger partial charge in [0, 0.05) is 21.3 Å². The first-order valence-corrected chi connectivity index (χ1v) is 21.5. The molecule has 2 rings (SSSR count). The van der Waals surface area contributed by atoms with Crippen LogP contribution in [-0.2, 0) is 49.2 Å². The molecule has 1 saturated heterocycles. The molecule has 0 saturated carbocycles. The Hall–Kier alpha value is -1.18. The van der Waals surface area contributed by atoms with Crippen molar-refractivity contribution in [1.82, 2.24) is 0 Å². The van der Waals surface area contributed by atoms with Crippen LogP contribution < -0.4 is 0 Å². The van der Waals surface area contributed by atoms with Crippen LogP contribution >= 0.6 is 0 Å². The first kappa shape index (κ1) is 49.0. The van der Waals surface area contributed by atoms with Crippen LogP contribution in [0.1, 0.15) is 154 Å². The lowest BCUT2D eigenvalue weighted by Crippen LogP contribution is -2.34. The van der Waals surface area contributed by atoms with Crippen LogP contribution in [0.4, 0.5) is 0 Å². The zero-order chi connectivity index (χ0) is 38.7. The van der Waals surface area contributed by atoms with Crippen molar-refractivity contribution in [2.45, 2.75) is 191 Å². The molecule has 0 aliphatic carbocycles. The average Bonchev–Trinajstić information content (AvgIpc) is 3.69. The molecule has 1 aliphatic heterocycles. The summed E-state index contributed by atoms with van der Waals surface area (Å²) in [4.78, 5) is 0. The molecule has 6 atom stereocenters. The molecule has 0 bridgehead atoms. The van der Waals surface area contributed by atoms with Crippen LogP contribution in [0.5, 0.6) is 0 Å². The van der Waals surface area contributed by atoms with Crippen LogP contribution in [0.2, 0.25) is 0 Å². The number of hydrogen-bond donors (Lipinski definition) is 1. The minimum Gasteiger partial charge on any atom is -0.394 e. The molecule has 10 heteroatoms. The number of aliphatic hydroxyl groups is 1. The van der Waals surface area contributed by atoms with Crippen molar-refractivity contribution in [2.24, 2.45) is 0 Å². The maximum Gasteiger partial charge on any atom is 0.147 e. The lowest BCUT2D eigenvalue weighted by Gasteiger charge is -2.27. The number of hydrogen-bond acceptors (Lipinski definition) is 10. The van der Waals surface area contributed by atoms with Gasteiger partial charge in [-0.05, 0) is 50.5 Å². The molecule has 1 aromatic rings. The summed E-state index contributed by atoms with van der Waals surface area (Å²) in [6.45, 7) is 3.85. The van der Waals surface area contributed by atoms with E-state index in [1.807, 2.05) is 18.2 Å². The monoisotopic (exact) mass is 769 g/mol. The Morgan fingerprint density at radius 3 is 1.57 bits per heavy atom. The van der Waals surface area contributed by atoms with Crippen molar-refractivity contribution in [2.75, 3.05) is 55.1 Å². The largest absolute Gasteiger partial charge is 0.394 e. The Bertz CT molecular complexity index is 924. The van der Waals surface area contributed by atoms with Gasteiger partial charge in [0.15, 0.2) is 0 Å². The molecule has 10 nitrogen and oxygen atoms in total. The molecule has 1 aromatic carbocycles. The van der Waals surface area contributed by atoms with Crippen LogP contribution in [0.3, 0.4) is 0 Å². The van der Waals surface area contributed by atoms with E-state index in [-0.39, 0.29) is 56.8 Å². The second-order valence-electron chi connectivity index (χ2n) is 15.0. The fraction of sp³-hybridized carbons (Fsp3) is 0.864. The number of aliphatic hydroxyl groups excluding tert-OH is 1. The van der Waals surface area contributed by atoms with Crippen molar-refractivity contribution in [3.63, 3.8) is 0 Å². The summed E-state index contributed by atoms with van der Waals surface area (Å²) in [6, 6.07) is 10.2. The maximum atomic E-state index is 9.54. The van der Waals surface area contributed by atoms with Gasteiger partial charge in [-0.3, -0.25) is 0 Å². The summed E-state index contributed by atoms with van der Waals surface area (Å²) in [5.41, 5.74) is 1.13. The molecule has 0 spiro atoms. The third-order valence-electron chi connectivity index (χ3n) is 10.5. The van der Waals surface area contributed by atoms with Crippen molar-refractivity contribution in [3.05, 3.63) is 35.9 Å². The van der Waals surface area contributed by atoms with Crippen molar-refractivity contribution < 1.29 is 47.7 Å². The van der Waals surface area contributed by atoms with Gasteiger partial charge in [-0.25, -0.2) is 0 Å². The topological polar surface area (TPSA) is 103 Å². The van der Waals surface area contributed by atoms with E-state index < -0.39 is 0 Å². The summed E-state index contributed by atoms with van der Waals surface area (Å²) in [7, 11) is 4.96. The van der Waals surface area contributed by atoms with Crippen molar-refractivity contribution in [3.8, 4) is 0 Å². The zero-order valence-corrected chi connectivity index (χ0v) is 34.8. The molecular formula is C44H80O10. The summed E-state index contributed by atoms with van der Waals surface area (Å²) >= 11 is 0. The predicted octanol–water partition coefficient (Wildman–Crippen LogP) is 9.88. The quantitative estimate of drug-likeness (QED) is 0.0514. The Labute approximate surface area is 329 Å². The smallest absolute Gasteiger partial charge is 0.147 e. The first-order valence-electron chi connectivity index (χ1n) is 21.5. The van der Waals surface area contributed by atoms with E-state index in [9.17, 15) is 5.11 Å². The third kappa shape index (κ3) is 24.5. The standard InChI is InChI=1S/C44H80O10/c1-5-6-7-8-9-10-11-12-13-20-28-41(52-36-48-4)43-30-31-44(54-43)42(53-37-49-33-38-23-16-14-17-24-38)29-22-21-26-39(50-34-46-2)25-18-15-19-27-40(32-45)51-35-47-3/h14,16-17,23-24,39-45H,5-13,15,18-22,25-37H2,1-4H3/t39?,40-,41+,42-,43+,44+/m1/s1. The number of ether oxygens (including phenoxy) is 9. The fourth-order valence-electron chi connectivity index (χ4n) is 7.35. The lowest BCUT2D eigenvalue weighted by atomic mass is 9.99. The van der Waals surface area contributed by atoms with E-state index >= 15 is 0 Å². The Morgan fingerprint density at radius 1 is 0.556 bits per heavy atom. The first-order chi connectivity index (χ1) is 26.6. The van der Waals surface area contributed by atoms with Gasteiger partial charge < -0.3 is 47.7 Å². The van der Waals surface area contributed by atoms with Crippen LogP contribution in [0, 0.1) is 0 Å². The molecule has 316 valence electrons. The van der Waals surface area contributed by atoms with Gasteiger partial charge in [-0.1, -0.05) is 134 Å². The highest BCUT2D eigenvalue weighted by Crippen LogP contribution is 2.31. The summed E-state index contributed by atoms with van der Waals surface area (Å²) in [6.07, 6.45) is 25.0. The van der Waals surface area contributed by atoms with Gasteiger partial charge in [0.25, 0.3) is 0 Å². The van der Waals surface area contributed by atoms with Crippen molar-refractivity contribution >= 4 is 0 Å². The van der Waals surface area contributed by atoms with E-state index in [4.69, 9.17) is 42.6 Å². The van der Waals surface area contributed by atoms with Crippen LogP contribution in [-0.4, -0.2) is 96.8 Å². The lowest BCUT2D eigenvalue weighted by molar-refractivity contribution is -0.165. The van der Waals surface area contributed by atoms with Crippen LogP contribution in [0.25, 0.3) is 0 Å². The molecular weight excluding hydrogens is 688 g/mol. The van der Waals surface area contributed by atoms with Gasteiger partial charge in [-0.15, -0.1) is 0 Å². The van der Waals surface area contributed by atoms with Gasteiger partial charge in [0.1, 0.15) is 27.2 Å².